The Morgan fingerprint density at radius 1 is 1.07 bits per heavy atom. The monoisotopic (exact) mass is 361 g/mol. The van der Waals surface area contributed by atoms with Gasteiger partial charge in [0.1, 0.15) is 11.6 Å². The highest BCUT2D eigenvalue weighted by Gasteiger charge is 2.23. The highest BCUT2D eigenvalue weighted by molar-refractivity contribution is 5.64. The maximum absolute atomic E-state index is 4.69. The van der Waals surface area contributed by atoms with Crippen molar-refractivity contribution in [2.75, 3.05) is 24.5 Å². The van der Waals surface area contributed by atoms with E-state index in [1.54, 1.807) is 0 Å². The molecule has 0 radical (unpaired) electrons. The summed E-state index contributed by atoms with van der Waals surface area (Å²) in [5.41, 5.74) is 3.17. The summed E-state index contributed by atoms with van der Waals surface area (Å²) < 4.78 is 0. The lowest BCUT2D eigenvalue weighted by atomic mass is 10.2. The molecule has 5 nitrogen and oxygen atoms in total. The molecule has 2 aromatic heterocycles. The van der Waals surface area contributed by atoms with Crippen LogP contribution in [0.5, 0.6) is 0 Å². The second-order valence-corrected chi connectivity index (χ2v) is 7.65. The molecule has 1 fully saturated rings. The number of imidazole rings is 1. The third kappa shape index (κ3) is 4.19. The van der Waals surface area contributed by atoms with Crippen LogP contribution in [0, 0.1) is 5.92 Å². The zero-order valence-electron chi connectivity index (χ0n) is 16.0. The summed E-state index contributed by atoms with van der Waals surface area (Å²) >= 11 is 0. The summed E-state index contributed by atoms with van der Waals surface area (Å²) in [6.07, 6.45) is 4.97. The van der Waals surface area contributed by atoms with Gasteiger partial charge in [0.25, 0.3) is 0 Å². The van der Waals surface area contributed by atoms with Crippen molar-refractivity contribution in [1.82, 2.24) is 20.3 Å². The predicted octanol–water partition coefficient (Wildman–Crippen LogP) is 3.96. The van der Waals surface area contributed by atoms with Crippen LogP contribution in [-0.4, -0.2) is 40.6 Å². The highest BCUT2D eigenvalue weighted by atomic mass is 15.2. The fourth-order valence-electron chi connectivity index (χ4n) is 3.48. The Bertz CT molecular complexity index is 854. The number of pyridine rings is 1. The van der Waals surface area contributed by atoms with E-state index in [1.165, 1.54) is 6.42 Å². The van der Waals surface area contributed by atoms with Gasteiger partial charge in [-0.05, 0) is 36.6 Å². The van der Waals surface area contributed by atoms with Gasteiger partial charge >= 0.3 is 0 Å². The number of aromatic amines is 1. The van der Waals surface area contributed by atoms with E-state index in [-0.39, 0.29) is 0 Å². The predicted molar refractivity (Wildman–Crippen MR) is 111 cm³/mol. The second-order valence-electron chi connectivity index (χ2n) is 7.65. The Hall–Kier alpha value is -2.66. The molecule has 1 aliphatic heterocycles. The first kappa shape index (κ1) is 17.7. The van der Waals surface area contributed by atoms with Crippen LogP contribution in [0.25, 0.3) is 22.6 Å². The number of anilines is 1. The standard InChI is InChI=1S/C22H27N5/c1-16(2)12-23-19-10-11-27(15-19)21-9-8-18(13-24-21)22-25-14-20(26-22)17-6-4-3-5-7-17/h3-9,13-14,16,19,23H,10-12,15H2,1-2H3,(H,25,26). The molecule has 3 heterocycles. The zero-order chi connectivity index (χ0) is 18.6. The highest BCUT2D eigenvalue weighted by Crippen LogP contribution is 2.24. The molecular formula is C22H27N5. The summed E-state index contributed by atoms with van der Waals surface area (Å²) in [7, 11) is 0. The van der Waals surface area contributed by atoms with Gasteiger partial charge in [-0.3, -0.25) is 0 Å². The molecule has 0 amide bonds. The minimum atomic E-state index is 0.562. The zero-order valence-corrected chi connectivity index (χ0v) is 16.0. The molecule has 5 heteroatoms. The first-order valence-corrected chi connectivity index (χ1v) is 9.74. The molecule has 4 rings (SSSR count). The summed E-state index contributed by atoms with van der Waals surface area (Å²) in [6, 6.07) is 15.0. The van der Waals surface area contributed by atoms with Gasteiger partial charge in [-0.25, -0.2) is 9.97 Å². The lowest BCUT2D eigenvalue weighted by Gasteiger charge is -2.18. The molecule has 2 N–H and O–H groups in total. The fraction of sp³-hybridized carbons (Fsp3) is 0.364. The quantitative estimate of drug-likeness (QED) is 0.698. The van der Waals surface area contributed by atoms with Crippen molar-refractivity contribution in [3.05, 3.63) is 54.9 Å². The van der Waals surface area contributed by atoms with Crippen molar-refractivity contribution in [1.29, 1.82) is 0 Å². The molecular weight excluding hydrogens is 334 g/mol. The van der Waals surface area contributed by atoms with Gasteiger partial charge in [0.05, 0.1) is 11.9 Å². The number of aromatic nitrogens is 3. The fourth-order valence-corrected chi connectivity index (χ4v) is 3.48. The van der Waals surface area contributed by atoms with Gasteiger partial charge in [0, 0.05) is 30.9 Å². The number of nitrogens with zero attached hydrogens (tertiary/aromatic N) is 3. The van der Waals surface area contributed by atoms with Crippen molar-refractivity contribution in [2.45, 2.75) is 26.3 Å². The number of H-pyrrole nitrogens is 1. The van der Waals surface area contributed by atoms with Crippen LogP contribution in [-0.2, 0) is 0 Å². The topological polar surface area (TPSA) is 56.8 Å². The van der Waals surface area contributed by atoms with Crippen LogP contribution in [0.4, 0.5) is 5.82 Å². The van der Waals surface area contributed by atoms with Crippen molar-refractivity contribution >= 4 is 5.82 Å². The number of hydrogen-bond donors (Lipinski definition) is 2. The van der Waals surface area contributed by atoms with Crippen LogP contribution in [0.15, 0.2) is 54.9 Å². The van der Waals surface area contributed by atoms with Crippen LogP contribution < -0.4 is 10.2 Å². The maximum atomic E-state index is 4.69. The Balaban J connectivity index is 1.42. The normalized spacial score (nSPS) is 17.0. The number of rotatable bonds is 6. The van der Waals surface area contributed by atoms with E-state index in [2.05, 4.69) is 63.3 Å². The number of hydrogen-bond acceptors (Lipinski definition) is 4. The van der Waals surface area contributed by atoms with Crippen LogP contribution in [0.2, 0.25) is 0 Å². The Kier molecular flexibility index (Phi) is 5.21. The molecule has 1 unspecified atom stereocenters. The summed E-state index contributed by atoms with van der Waals surface area (Å²) in [5, 5.41) is 3.65. The Labute approximate surface area is 160 Å². The molecule has 0 aliphatic carbocycles. The molecule has 1 atom stereocenters. The van der Waals surface area contributed by atoms with Crippen molar-refractivity contribution < 1.29 is 0 Å². The largest absolute Gasteiger partial charge is 0.355 e. The molecule has 0 spiro atoms. The van der Waals surface area contributed by atoms with E-state index < -0.39 is 0 Å². The van der Waals surface area contributed by atoms with Gasteiger partial charge in [-0.15, -0.1) is 0 Å². The van der Waals surface area contributed by atoms with Crippen molar-refractivity contribution in [2.24, 2.45) is 5.92 Å². The van der Waals surface area contributed by atoms with E-state index in [9.17, 15) is 0 Å². The van der Waals surface area contributed by atoms with E-state index >= 15 is 0 Å². The summed E-state index contributed by atoms with van der Waals surface area (Å²) in [4.78, 5) is 15.0. The first-order valence-electron chi connectivity index (χ1n) is 9.74. The van der Waals surface area contributed by atoms with Gasteiger partial charge in [-0.2, -0.15) is 0 Å². The average Bonchev–Trinajstić information content (AvgIpc) is 3.37. The van der Waals surface area contributed by atoms with E-state index in [1.807, 2.05) is 30.6 Å². The summed E-state index contributed by atoms with van der Waals surface area (Å²) in [6.45, 7) is 7.65. The Morgan fingerprint density at radius 2 is 1.93 bits per heavy atom. The third-order valence-electron chi connectivity index (χ3n) is 5.01. The molecule has 27 heavy (non-hydrogen) atoms. The number of benzene rings is 1. The molecule has 0 bridgehead atoms. The first-order chi connectivity index (χ1) is 13.2. The molecule has 1 saturated heterocycles. The van der Waals surface area contributed by atoms with Gasteiger partial charge in [0.2, 0.25) is 0 Å². The van der Waals surface area contributed by atoms with E-state index in [4.69, 9.17) is 0 Å². The second kappa shape index (κ2) is 7.92. The maximum Gasteiger partial charge on any atom is 0.139 e. The van der Waals surface area contributed by atoms with Gasteiger partial charge in [-0.1, -0.05) is 44.2 Å². The number of nitrogens with one attached hydrogen (secondary N) is 2. The lowest BCUT2D eigenvalue weighted by Crippen LogP contribution is -2.34. The van der Waals surface area contributed by atoms with Gasteiger partial charge in [0.15, 0.2) is 0 Å². The van der Waals surface area contributed by atoms with E-state index in [0.717, 1.165) is 48.1 Å². The SMILES string of the molecule is CC(C)CNC1CCN(c2ccc(-c3ncc(-c4ccccc4)[nH]3)cn2)C1. The minimum absolute atomic E-state index is 0.562. The average molecular weight is 361 g/mol. The molecule has 0 saturated carbocycles. The van der Waals surface area contributed by atoms with Crippen LogP contribution in [0.1, 0.15) is 20.3 Å². The Morgan fingerprint density at radius 3 is 2.67 bits per heavy atom. The van der Waals surface area contributed by atoms with Crippen LogP contribution in [0.3, 0.4) is 0 Å². The molecule has 1 aliphatic rings. The van der Waals surface area contributed by atoms with Crippen molar-refractivity contribution in [3.63, 3.8) is 0 Å². The smallest absolute Gasteiger partial charge is 0.139 e. The van der Waals surface area contributed by atoms with Crippen LogP contribution >= 0.6 is 0 Å². The minimum Gasteiger partial charge on any atom is -0.355 e. The molecule has 3 aromatic rings. The molecule has 1 aromatic carbocycles. The molecule has 140 valence electrons. The van der Waals surface area contributed by atoms with Gasteiger partial charge < -0.3 is 15.2 Å². The third-order valence-corrected chi connectivity index (χ3v) is 5.01. The summed E-state index contributed by atoms with van der Waals surface area (Å²) in [5.74, 6) is 2.58. The van der Waals surface area contributed by atoms with E-state index in [0.29, 0.717) is 12.0 Å². The lowest BCUT2D eigenvalue weighted by molar-refractivity contribution is 0.485. The van der Waals surface area contributed by atoms with Crippen molar-refractivity contribution in [3.8, 4) is 22.6 Å².